The van der Waals surface area contributed by atoms with Crippen molar-refractivity contribution in [3.8, 4) is 0 Å². The quantitative estimate of drug-likeness (QED) is 0.776. The van der Waals surface area contributed by atoms with Crippen molar-refractivity contribution in [2.45, 2.75) is 25.4 Å². The Hall–Kier alpha value is 0.240. The first-order chi connectivity index (χ1) is 6.03. The molecule has 2 nitrogen and oxygen atoms in total. The summed E-state index contributed by atoms with van der Waals surface area (Å²) in [6, 6.07) is 0. The highest BCUT2D eigenvalue weighted by molar-refractivity contribution is 6.36. The third-order valence-electron chi connectivity index (χ3n) is 2.43. The lowest BCUT2D eigenvalue weighted by molar-refractivity contribution is -0.00266. The summed E-state index contributed by atoms with van der Waals surface area (Å²) in [7, 11) is 0. The minimum atomic E-state index is -0.492. The van der Waals surface area contributed by atoms with Crippen LogP contribution < -0.4 is 0 Å². The van der Waals surface area contributed by atoms with E-state index in [0.717, 1.165) is 25.9 Å². The lowest BCUT2D eigenvalue weighted by Crippen LogP contribution is -2.42. The molecule has 1 fully saturated rings. The fraction of sp³-hybridized carbons (Fsp3) is 0.778. The summed E-state index contributed by atoms with van der Waals surface area (Å²) in [4.78, 5) is 2.19. The predicted molar refractivity (Wildman–Crippen MR) is 56.1 cm³/mol. The van der Waals surface area contributed by atoms with E-state index in [0.29, 0.717) is 11.6 Å². The van der Waals surface area contributed by atoms with Crippen molar-refractivity contribution >= 4 is 23.2 Å². The summed E-state index contributed by atoms with van der Waals surface area (Å²) in [5.74, 6) is 0. The molecule has 0 amide bonds. The molecule has 1 aliphatic rings. The first kappa shape index (κ1) is 11.3. The first-order valence-corrected chi connectivity index (χ1v) is 5.24. The predicted octanol–water partition coefficient (Wildman–Crippen LogP) is 2.15. The summed E-state index contributed by atoms with van der Waals surface area (Å²) in [6.45, 7) is 4.34. The van der Waals surface area contributed by atoms with Crippen LogP contribution in [0.15, 0.2) is 10.6 Å². The molecule has 1 rings (SSSR count). The number of piperidine rings is 1. The SMILES string of the molecule is CC1(O)CCN(C/C(Cl)=C/Cl)CC1. The van der Waals surface area contributed by atoms with Crippen LogP contribution in [-0.2, 0) is 0 Å². The Kier molecular flexibility index (Phi) is 4.05. The molecule has 1 aliphatic heterocycles. The summed E-state index contributed by atoms with van der Waals surface area (Å²) in [6.07, 6.45) is 1.61. The van der Waals surface area contributed by atoms with Gasteiger partial charge in [-0.2, -0.15) is 0 Å². The van der Waals surface area contributed by atoms with E-state index in [1.54, 1.807) is 0 Å². The van der Waals surface area contributed by atoms with Gasteiger partial charge in [-0.15, -0.1) is 0 Å². The van der Waals surface area contributed by atoms with Crippen molar-refractivity contribution in [1.82, 2.24) is 4.90 Å². The molecule has 0 aromatic heterocycles. The van der Waals surface area contributed by atoms with E-state index in [9.17, 15) is 5.11 Å². The third-order valence-corrected chi connectivity index (χ3v) is 3.03. The number of hydrogen-bond acceptors (Lipinski definition) is 2. The molecule has 4 heteroatoms. The number of nitrogens with zero attached hydrogens (tertiary/aromatic N) is 1. The lowest BCUT2D eigenvalue weighted by atomic mass is 9.94. The van der Waals surface area contributed by atoms with Crippen molar-refractivity contribution in [2.75, 3.05) is 19.6 Å². The average Bonchev–Trinajstić information content (AvgIpc) is 2.08. The maximum atomic E-state index is 9.68. The van der Waals surface area contributed by atoms with Gasteiger partial charge in [-0.25, -0.2) is 0 Å². The molecular formula is C9H15Cl2NO. The summed E-state index contributed by atoms with van der Waals surface area (Å²) < 4.78 is 0. The zero-order valence-electron chi connectivity index (χ0n) is 7.76. The van der Waals surface area contributed by atoms with Gasteiger partial charge in [-0.1, -0.05) is 23.2 Å². The molecule has 0 bridgehead atoms. The van der Waals surface area contributed by atoms with Gasteiger partial charge < -0.3 is 5.11 Å². The topological polar surface area (TPSA) is 23.5 Å². The van der Waals surface area contributed by atoms with Crippen LogP contribution in [0, 0.1) is 0 Å². The number of rotatable bonds is 2. The van der Waals surface area contributed by atoms with Crippen LogP contribution in [0.25, 0.3) is 0 Å². The molecule has 76 valence electrons. The van der Waals surface area contributed by atoms with Gasteiger partial charge >= 0.3 is 0 Å². The molecule has 0 aliphatic carbocycles. The molecule has 0 saturated carbocycles. The summed E-state index contributed by atoms with van der Waals surface area (Å²) in [5.41, 5.74) is 0.905. The molecule has 1 heterocycles. The van der Waals surface area contributed by atoms with E-state index in [-0.39, 0.29) is 0 Å². The minimum Gasteiger partial charge on any atom is -0.390 e. The standard InChI is InChI=1S/C9H15Cl2NO/c1-9(13)2-4-12(5-3-9)7-8(11)6-10/h6,13H,2-5,7H2,1H3/b8-6-. The van der Waals surface area contributed by atoms with E-state index in [4.69, 9.17) is 23.2 Å². The zero-order chi connectivity index (χ0) is 9.90. The zero-order valence-corrected chi connectivity index (χ0v) is 9.28. The van der Waals surface area contributed by atoms with Gasteiger partial charge in [-0.3, -0.25) is 4.90 Å². The van der Waals surface area contributed by atoms with Crippen LogP contribution in [0.1, 0.15) is 19.8 Å². The van der Waals surface area contributed by atoms with Gasteiger partial charge in [0, 0.05) is 30.2 Å². The first-order valence-electron chi connectivity index (χ1n) is 4.43. The van der Waals surface area contributed by atoms with Crippen LogP contribution in [-0.4, -0.2) is 35.2 Å². The van der Waals surface area contributed by atoms with Gasteiger partial charge in [0.1, 0.15) is 0 Å². The third kappa shape index (κ3) is 3.86. The van der Waals surface area contributed by atoms with Crippen LogP contribution in [0.3, 0.4) is 0 Å². The lowest BCUT2D eigenvalue weighted by Gasteiger charge is -2.35. The normalized spacial score (nSPS) is 24.8. The smallest absolute Gasteiger partial charge is 0.0644 e. The van der Waals surface area contributed by atoms with Crippen molar-refractivity contribution < 1.29 is 5.11 Å². The second-order valence-electron chi connectivity index (χ2n) is 3.83. The van der Waals surface area contributed by atoms with Gasteiger partial charge in [0.2, 0.25) is 0 Å². The molecule has 0 unspecified atom stereocenters. The highest BCUT2D eigenvalue weighted by atomic mass is 35.5. The highest BCUT2D eigenvalue weighted by Crippen LogP contribution is 2.22. The second kappa shape index (κ2) is 4.65. The molecule has 1 saturated heterocycles. The van der Waals surface area contributed by atoms with Gasteiger partial charge in [0.15, 0.2) is 0 Å². The Morgan fingerprint density at radius 1 is 1.54 bits per heavy atom. The Morgan fingerprint density at radius 3 is 2.54 bits per heavy atom. The number of likely N-dealkylation sites (tertiary alicyclic amines) is 1. The van der Waals surface area contributed by atoms with Crippen LogP contribution >= 0.6 is 23.2 Å². The monoisotopic (exact) mass is 223 g/mol. The molecular weight excluding hydrogens is 209 g/mol. The molecule has 13 heavy (non-hydrogen) atoms. The number of halogens is 2. The van der Waals surface area contributed by atoms with E-state index in [1.807, 2.05) is 6.92 Å². The van der Waals surface area contributed by atoms with E-state index >= 15 is 0 Å². The average molecular weight is 224 g/mol. The minimum absolute atomic E-state index is 0.492. The second-order valence-corrected chi connectivity index (χ2v) is 4.53. The molecule has 1 N–H and O–H groups in total. The fourth-order valence-electron chi connectivity index (χ4n) is 1.44. The van der Waals surface area contributed by atoms with Gasteiger partial charge in [-0.05, 0) is 19.8 Å². The van der Waals surface area contributed by atoms with Gasteiger partial charge in [0.25, 0.3) is 0 Å². The number of aliphatic hydroxyl groups is 1. The molecule has 0 atom stereocenters. The van der Waals surface area contributed by atoms with Crippen LogP contribution in [0.2, 0.25) is 0 Å². The highest BCUT2D eigenvalue weighted by Gasteiger charge is 2.27. The van der Waals surface area contributed by atoms with Crippen LogP contribution in [0.5, 0.6) is 0 Å². The van der Waals surface area contributed by atoms with Crippen LogP contribution in [0.4, 0.5) is 0 Å². The molecule has 0 aromatic rings. The number of hydrogen-bond donors (Lipinski definition) is 1. The largest absolute Gasteiger partial charge is 0.390 e. The van der Waals surface area contributed by atoms with E-state index < -0.39 is 5.60 Å². The van der Waals surface area contributed by atoms with Gasteiger partial charge in [0.05, 0.1) is 5.60 Å². The fourth-order valence-corrected chi connectivity index (χ4v) is 1.68. The Labute approximate surface area is 89.1 Å². The van der Waals surface area contributed by atoms with Crippen molar-refractivity contribution in [2.24, 2.45) is 0 Å². The molecule has 0 spiro atoms. The maximum Gasteiger partial charge on any atom is 0.0644 e. The molecule has 0 aromatic carbocycles. The summed E-state index contributed by atoms with van der Waals surface area (Å²) >= 11 is 11.3. The van der Waals surface area contributed by atoms with E-state index in [1.165, 1.54) is 5.54 Å². The van der Waals surface area contributed by atoms with Crippen molar-refractivity contribution in [3.05, 3.63) is 10.6 Å². The van der Waals surface area contributed by atoms with Crippen molar-refractivity contribution in [3.63, 3.8) is 0 Å². The summed E-state index contributed by atoms with van der Waals surface area (Å²) in [5, 5.41) is 10.3. The Morgan fingerprint density at radius 2 is 2.08 bits per heavy atom. The Bertz CT molecular complexity index is 194. The van der Waals surface area contributed by atoms with E-state index in [2.05, 4.69) is 4.90 Å². The Balaban J connectivity index is 2.33. The maximum absolute atomic E-state index is 9.68. The van der Waals surface area contributed by atoms with Crippen molar-refractivity contribution in [1.29, 1.82) is 0 Å². The molecule has 0 radical (unpaired) electrons.